The van der Waals surface area contributed by atoms with E-state index in [4.69, 9.17) is 4.74 Å². The first kappa shape index (κ1) is 82.6. The fraction of sp³-hybridized carbons (Fsp3) is 0.949. The van der Waals surface area contributed by atoms with Gasteiger partial charge in [-0.3, -0.25) is 9.59 Å². The quantitative estimate of drug-likeness (QED) is 0.0320. The molecule has 500 valence electrons. The minimum Gasteiger partial charge on any atom is -0.466 e. The van der Waals surface area contributed by atoms with E-state index < -0.39 is 12.1 Å². The van der Waals surface area contributed by atoms with Gasteiger partial charge in [-0.05, 0) is 51.4 Å². The molecular formula is C78H153NO5. The van der Waals surface area contributed by atoms with Gasteiger partial charge in [-0.2, -0.15) is 0 Å². The first-order chi connectivity index (χ1) is 41.5. The monoisotopic (exact) mass is 1180 g/mol. The highest BCUT2D eigenvalue weighted by Gasteiger charge is 2.20. The van der Waals surface area contributed by atoms with E-state index in [0.717, 1.165) is 38.5 Å². The Hall–Kier alpha value is -1.40. The first-order valence-electron chi connectivity index (χ1n) is 38.9. The number of unbranched alkanes of at least 4 members (excludes halogenated alkanes) is 61. The zero-order valence-electron chi connectivity index (χ0n) is 57.4. The lowest BCUT2D eigenvalue weighted by Crippen LogP contribution is -2.45. The largest absolute Gasteiger partial charge is 0.466 e. The number of nitrogens with one attached hydrogen (secondary N) is 1. The van der Waals surface area contributed by atoms with Crippen LogP contribution in [0.5, 0.6) is 0 Å². The second kappa shape index (κ2) is 74.1. The summed E-state index contributed by atoms with van der Waals surface area (Å²) in [6, 6.07) is -0.538. The minimum atomic E-state index is -0.661. The SMILES string of the molecule is CCCCCCCCCCCCCCCCCCC(=O)OCCCCCCCCCCCCCCCC/C=C\CCCCCCCCCCCCCCCCCCCC(=O)NC(CO)C(O)CCCCCCCCCCCCCCCCCC. The highest BCUT2D eigenvalue weighted by atomic mass is 16.5. The van der Waals surface area contributed by atoms with Crippen LogP contribution in [-0.4, -0.2) is 47.4 Å². The van der Waals surface area contributed by atoms with Crippen LogP contribution in [0.2, 0.25) is 0 Å². The molecule has 1 amide bonds. The van der Waals surface area contributed by atoms with Crippen molar-refractivity contribution >= 4 is 11.9 Å². The van der Waals surface area contributed by atoms with Crippen LogP contribution in [0.15, 0.2) is 12.2 Å². The van der Waals surface area contributed by atoms with E-state index in [0.29, 0.717) is 25.9 Å². The van der Waals surface area contributed by atoms with Crippen LogP contribution < -0.4 is 5.32 Å². The normalized spacial score (nSPS) is 12.5. The van der Waals surface area contributed by atoms with Crippen LogP contribution >= 0.6 is 0 Å². The maximum atomic E-state index is 12.5. The molecule has 0 aromatic carbocycles. The molecule has 0 aromatic heterocycles. The van der Waals surface area contributed by atoms with Gasteiger partial charge in [-0.25, -0.2) is 0 Å². The standard InChI is InChI=1S/C78H153NO5/c1-3-5-7-9-11-13-15-17-19-42-46-50-54-58-62-66-70-76(81)75(74-80)79-77(82)71-67-63-59-55-51-47-43-40-38-36-34-32-30-28-26-24-22-21-23-25-27-29-31-33-35-37-39-41-45-49-53-57-61-65-69-73-84-78(83)72-68-64-60-56-52-48-44-20-18-16-14-12-10-8-6-4-2/h23,25,75-76,80-81H,3-22,24,26-74H2,1-2H3,(H,79,82)/b25-23-. The number of esters is 1. The van der Waals surface area contributed by atoms with Gasteiger partial charge in [0.05, 0.1) is 25.4 Å². The topological polar surface area (TPSA) is 95.9 Å². The summed E-state index contributed by atoms with van der Waals surface area (Å²) in [5.41, 5.74) is 0. The third-order valence-corrected chi connectivity index (χ3v) is 18.6. The summed E-state index contributed by atoms with van der Waals surface area (Å²) in [5.74, 6) is -0.00237. The van der Waals surface area contributed by atoms with E-state index in [-0.39, 0.29) is 18.5 Å². The van der Waals surface area contributed by atoms with Crippen LogP contribution in [0.25, 0.3) is 0 Å². The summed E-state index contributed by atoms with van der Waals surface area (Å²) in [6.07, 6.45) is 93.0. The fourth-order valence-electron chi connectivity index (χ4n) is 12.6. The number of aliphatic hydroxyl groups is 2. The van der Waals surface area contributed by atoms with Crippen molar-refractivity contribution in [2.75, 3.05) is 13.2 Å². The highest BCUT2D eigenvalue weighted by molar-refractivity contribution is 5.76. The molecule has 0 heterocycles. The molecule has 0 aliphatic carbocycles. The van der Waals surface area contributed by atoms with E-state index in [1.165, 1.54) is 379 Å². The zero-order chi connectivity index (χ0) is 60.6. The van der Waals surface area contributed by atoms with Gasteiger partial charge in [0, 0.05) is 12.8 Å². The Kier molecular flexibility index (Phi) is 72.8. The van der Waals surface area contributed by atoms with Gasteiger partial charge in [0.2, 0.25) is 5.91 Å². The van der Waals surface area contributed by atoms with Crippen molar-refractivity contribution < 1.29 is 24.5 Å². The molecule has 0 aromatic rings. The molecule has 0 aliphatic rings. The van der Waals surface area contributed by atoms with Gasteiger partial charge in [-0.15, -0.1) is 0 Å². The number of carbonyl (C=O) groups excluding carboxylic acids is 2. The van der Waals surface area contributed by atoms with E-state index >= 15 is 0 Å². The molecule has 0 radical (unpaired) electrons. The number of carbonyl (C=O) groups is 2. The molecule has 2 atom stereocenters. The minimum absolute atomic E-state index is 0.0248. The first-order valence-corrected chi connectivity index (χ1v) is 38.9. The second-order valence-corrected chi connectivity index (χ2v) is 27.0. The van der Waals surface area contributed by atoms with Crippen LogP contribution in [0.4, 0.5) is 0 Å². The number of hydrogen-bond acceptors (Lipinski definition) is 5. The Morgan fingerprint density at radius 3 is 0.845 bits per heavy atom. The smallest absolute Gasteiger partial charge is 0.305 e. The van der Waals surface area contributed by atoms with Crippen molar-refractivity contribution in [2.24, 2.45) is 0 Å². The highest BCUT2D eigenvalue weighted by Crippen LogP contribution is 2.20. The van der Waals surface area contributed by atoms with Gasteiger partial charge >= 0.3 is 5.97 Å². The van der Waals surface area contributed by atoms with Crippen molar-refractivity contribution in [1.29, 1.82) is 0 Å². The number of aliphatic hydroxyl groups excluding tert-OH is 2. The zero-order valence-corrected chi connectivity index (χ0v) is 57.4. The molecule has 0 aliphatic heterocycles. The van der Waals surface area contributed by atoms with Gasteiger partial charge in [0.15, 0.2) is 0 Å². The fourth-order valence-corrected chi connectivity index (χ4v) is 12.6. The van der Waals surface area contributed by atoms with E-state index in [1.54, 1.807) is 0 Å². The Morgan fingerprint density at radius 1 is 0.321 bits per heavy atom. The van der Waals surface area contributed by atoms with Crippen LogP contribution in [0.1, 0.15) is 450 Å². The van der Waals surface area contributed by atoms with E-state index in [2.05, 4.69) is 31.3 Å². The molecule has 6 heteroatoms. The third kappa shape index (κ3) is 69.7. The summed E-state index contributed by atoms with van der Waals surface area (Å²) < 4.78 is 5.51. The Balaban J connectivity index is 3.32. The lowest BCUT2D eigenvalue weighted by Gasteiger charge is -2.22. The van der Waals surface area contributed by atoms with Gasteiger partial charge in [-0.1, -0.05) is 398 Å². The molecule has 0 fully saturated rings. The summed E-state index contributed by atoms with van der Waals surface area (Å²) in [7, 11) is 0. The molecule has 0 bridgehead atoms. The summed E-state index contributed by atoms with van der Waals surface area (Å²) in [4.78, 5) is 24.6. The summed E-state index contributed by atoms with van der Waals surface area (Å²) >= 11 is 0. The molecule has 0 spiro atoms. The average molecular weight is 1190 g/mol. The van der Waals surface area contributed by atoms with Crippen molar-refractivity contribution in [3.05, 3.63) is 12.2 Å². The second-order valence-electron chi connectivity index (χ2n) is 27.0. The Labute approximate surface area is 527 Å². The van der Waals surface area contributed by atoms with Gasteiger partial charge in [0.1, 0.15) is 0 Å². The number of ether oxygens (including phenoxy) is 1. The molecule has 84 heavy (non-hydrogen) atoms. The molecule has 0 saturated carbocycles. The van der Waals surface area contributed by atoms with Gasteiger partial charge < -0.3 is 20.3 Å². The molecular weight excluding hydrogens is 1030 g/mol. The van der Waals surface area contributed by atoms with Crippen molar-refractivity contribution in [2.45, 2.75) is 463 Å². The molecule has 3 N–H and O–H groups in total. The molecule has 0 saturated heterocycles. The predicted molar refractivity (Wildman–Crippen MR) is 370 cm³/mol. The molecule has 2 unspecified atom stereocenters. The number of allylic oxidation sites excluding steroid dienone is 2. The molecule has 0 rings (SSSR count). The van der Waals surface area contributed by atoms with Crippen LogP contribution in [0, 0.1) is 0 Å². The Bertz CT molecular complexity index is 1270. The van der Waals surface area contributed by atoms with E-state index in [1.807, 2.05) is 0 Å². The van der Waals surface area contributed by atoms with E-state index in [9.17, 15) is 19.8 Å². The maximum absolute atomic E-state index is 12.5. The number of hydrogen-bond donors (Lipinski definition) is 3. The van der Waals surface area contributed by atoms with Crippen molar-refractivity contribution in [1.82, 2.24) is 5.32 Å². The average Bonchev–Trinajstić information content (AvgIpc) is 3.51. The lowest BCUT2D eigenvalue weighted by atomic mass is 10.0. The van der Waals surface area contributed by atoms with Crippen molar-refractivity contribution in [3.63, 3.8) is 0 Å². The van der Waals surface area contributed by atoms with Crippen LogP contribution in [-0.2, 0) is 14.3 Å². The number of amides is 1. The lowest BCUT2D eigenvalue weighted by molar-refractivity contribution is -0.143. The van der Waals surface area contributed by atoms with Crippen LogP contribution in [0.3, 0.4) is 0 Å². The Morgan fingerprint density at radius 2 is 0.560 bits per heavy atom. The number of rotatable bonds is 74. The third-order valence-electron chi connectivity index (χ3n) is 18.6. The van der Waals surface area contributed by atoms with Crippen molar-refractivity contribution in [3.8, 4) is 0 Å². The predicted octanol–water partition coefficient (Wildman–Crippen LogP) is 25.5. The van der Waals surface area contributed by atoms with Gasteiger partial charge in [0.25, 0.3) is 0 Å². The maximum Gasteiger partial charge on any atom is 0.305 e. The molecule has 6 nitrogen and oxygen atoms in total. The summed E-state index contributed by atoms with van der Waals surface area (Å²) in [6.45, 7) is 5.01. The summed E-state index contributed by atoms with van der Waals surface area (Å²) in [5, 5.41) is 23.4.